The first-order chi connectivity index (χ1) is 14.6. The Morgan fingerprint density at radius 3 is 2.77 bits per heavy atom. The second-order valence-electron chi connectivity index (χ2n) is 7.11. The van der Waals surface area contributed by atoms with Crippen molar-refractivity contribution in [2.24, 2.45) is 0 Å². The number of ether oxygens (including phenoxy) is 1. The van der Waals surface area contributed by atoms with E-state index in [1.165, 1.54) is 0 Å². The van der Waals surface area contributed by atoms with E-state index in [0.29, 0.717) is 31.0 Å². The number of carbonyl (C=O) groups is 1. The van der Waals surface area contributed by atoms with E-state index >= 15 is 0 Å². The van der Waals surface area contributed by atoms with Crippen molar-refractivity contribution in [3.63, 3.8) is 0 Å². The molecule has 0 radical (unpaired) electrons. The quantitative estimate of drug-likeness (QED) is 0.615. The summed E-state index contributed by atoms with van der Waals surface area (Å²) >= 11 is 3.49. The number of carbonyl (C=O) groups excluding carboxylic acids is 1. The third kappa shape index (κ3) is 4.68. The van der Waals surface area contributed by atoms with Crippen molar-refractivity contribution in [3.8, 4) is 11.3 Å². The Hall–Kier alpha value is -2.77. The highest BCUT2D eigenvalue weighted by Crippen LogP contribution is 2.23. The van der Waals surface area contributed by atoms with Gasteiger partial charge in [0.05, 0.1) is 30.2 Å². The van der Waals surface area contributed by atoms with Gasteiger partial charge >= 0.3 is 0 Å². The van der Waals surface area contributed by atoms with Gasteiger partial charge in [-0.2, -0.15) is 0 Å². The molecule has 0 bridgehead atoms. The molecule has 154 valence electrons. The van der Waals surface area contributed by atoms with Crippen molar-refractivity contribution >= 4 is 27.7 Å². The molecule has 1 saturated heterocycles. The molecule has 1 amide bonds. The molecule has 0 atom stereocenters. The van der Waals surface area contributed by atoms with Gasteiger partial charge in [0.25, 0.3) is 5.91 Å². The van der Waals surface area contributed by atoms with Gasteiger partial charge in [-0.1, -0.05) is 34.1 Å². The fourth-order valence-corrected chi connectivity index (χ4v) is 3.91. The third-order valence-electron chi connectivity index (χ3n) is 5.07. The van der Waals surface area contributed by atoms with E-state index in [9.17, 15) is 4.79 Å². The van der Waals surface area contributed by atoms with Crippen LogP contribution in [0.15, 0.2) is 59.2 Å². The van der Waals surface area contributed by atoms with E-state index in [1.54, 1.807) is 6.20 Å². The highest BCUT2D eigenvalue weighted by molar-refractivity contribution is 9.10. The van der Waals surface area contributed by atoms with Crippen molar-refractivity contribution in [2.45, 2.75) is 13.5 Å². The smallest absolute Gasteiger partial charge is 0.253 e. The molecule has 1 N–H and O–H groups in total. The first kappa shape index (κ1) is 20.5. The Morgan fingerprint density at radius 2 is 2.00 bits per heavy atom. The number of aryl methyl sites for hydroxylation is 1. The molecule has 1 aromatic carbocycles. The molecule has 30 heavy (non-hydrogen) atoms. The zero-order valence-corrected chi connectivity index (χ0v) is 18.4. The molecular weight excluding hydrogens is 444 g/mol. The molecule has 1 aliphatic heterocycles. The predicted octanol–water partition coefficient (Wildman–Crippen LogP) is 3.98. The lowest BCUT2D eigenvalue weighted by Gasteiger charge is -2.29. The second kappa shape index (κ2) is 9.36. The SMILES string of the molecule is Cc1nc(-c2cccc(Br)c2)ccc1C(=O)NCc1cccnc1N1CCOCC1. The van der Waals surface area contributed by atoms with Gasteiger partial charge in [-0.3, -0.25) is 9.78 Å². The third-order valence-corrected chi connectivity index (χ3v) is 5.56. The topological polar surface area (TPSA) is 67.4 Å². The molecular formula is C23H23BrN4O2. The zero-order valence-electron chi connectivity index (χ0n) is 16.8. The average Bonchev–Trinajstić information content (AvgIpc) is 2.78. The molecule has 2 aromatic heterocycles. The summed E-state index contributed by atoms with van der Waals surface area (Å²) in [6.45, 7) is 5.26. The minimum Gasteiger partial charge on any atom is -0.378 e. The summed E-state index contributed by atoms with van der Waals surface area (Å²) in [4.78, 5) is 24.2. The molecule has 0 unspecified atom stereocenters. The number of nitrogens with one attached hydrogen (secondary N) is 1. The van der Waals surface area contributed by atoms with Gasteiger partial charge in [0, 0.05) is 41.4 Å². The van der Waals surface area contributed by atoms with Crippen molar-refractivity contribution in [2.75, 3.05) is 31.2 Å². The normalized spacial score (nSPS) is 13.9. The molecule has 1 aliphatic rings. The number of nitrogens with zero attached hydrogens (tertiary/aromatic N) is 3. The van der Waals surface area contributed by atoms with E-state index in [2.05, 4.69) is 36.1 Å². The molecule has 3 aromatic rings. The molecule has 7 heteroatoms. The van der Waals surface area contributed by atoms with E-state index in [1.807, 2.05) is 55.5 Å². The van der Waals surface area contributed by atoms with Crippen molar-refractivity contribution in [3.05, 3.63) is 76.0 Å². The summed E-state index contributed by atoms with van der Waals surface area (Å²) in [6, 6.07) is 15.6. The predicted molar refractivity (Wildman–Crippen MR) is 121 cm³/mol. The summed E-state index contributed by atoms with van der Waals surface area (Å²) in [5, 5.41) is 3.02. The number of anilines is 1. The maximum Gasteiger partial charge on any atom is 0.253 e. The molecule has 0 aliphatic carbocycles. The first-order valence-corrected chi connectivity index (χ1v) is 10.7. The van der Waals surface area contributed by atoms with Crippen molar-refractivity contribution < 1.29 is 9.53 Å². The number of hydrogen-bond acceptors (Lipinski definition) is 5. The molecule has 1 fully saturated rings. The maximum absolute atomic E-state index is 12.8. The van der Waals surface area contributed by atoms with E-state index in [4.69, 9.17) is 4.74 Å². The van der Waals surface area contributed by atoms with Gasteiger partial charge in [0.15, 0.2) is 0 Å². The highest BCUT2D eigenvalue weighted by Gasteiger charge is 2.17. The largest absolute Gasteiger partial charge is 0.378 e. The Balaban J connectivity index is 1.47. The van der Waals surface area contributed by atoms with Gasteiger partial charge in [-0.25, -0.2) is 4.98 Å². The van der Waals surface area contributed by atoms with Crippen LogP contribution < -0.4 is 10.2 Å². The van der Waals surface area contributed by atoms with Crippen LogP contribution in [0, 0.1) is 6.92 Å². The molecule has 0 spiro atoms. The van der Waals surface area contributed by atoms with Crippen LogP contribution in [-0.4, -0.2) is 42.2 Å². The summed E-state index contributed by atoms with van der Waals surface area (Å²) < 4.78 is 6.42. The number of aromatic nitrogens is 2. The lowest BCUT2D eigenvalue weighted by molar-refractivity contribution is 0.0949. The minimum absolute atomic E-state index is 0.141. The van der Waals surface area contributed by atoms with Crippen LogP contribution in [0.25, 0.3) is 11.3 Å². The van der Waals surface area contributed by atoms with Gasteiger partial charge in [-0.15, -0.1) is 0 Å². The van der Waals surface area contributed by atoms with Crippen LogP contribution in [0.1, 0.15) is 21.6 Å². The average molecular weight is 467 g/mol. The fourth-order valence-electron chi connectivity index (χ4n) is 3.51. The molecule has 0 saturated carbocycles. The fraction of sp³-hybridized carbons (Fsp3) is 0.261. The Bertz CT molecular complexity index is 1050. The summed E-state index contributed by atoms with van der Waals surface area (Å²) in [5.74, 6) is 0.763. The number of halogens is 1. The number of benzene rings is 1. The second-order valence-corrected chi connectivity index (χ2v) is 8.02. The Morgan fingerprint density at radius 1 is 1.17 bits per heavy atom. The number of rotatable bonds is 5. The van der Waals surface area contributed by atoms with Gasteiger partial charge in [0.2, 0.25) is 0 Å². The molecule has 6 nitrogen and oxygen atoms in total. The van der Waals surface area contributed by atoms with Crippen molar-refractivity contribution in [1.82, 2.24) is 15.3 Å². The van der Waals surface area contributed by atoms with Gasteiger partial charge in [0.1, 0.15) is 5.82 Å². The van der Waals surface area contributed by atoms with Crippen LogP contribution >= 0.6 is 15.9 Å². The Labute approximate surface area is 184 Å². The van der Waals surface area contributed by atoms with Crippen LogP contribution in [0.4, 0.5) is 5.82 Å². The number of pyridine rings is 2. The lowest BCUT2D eigenvalue weighted by Crippen LogP contribution is -2.37. The lowest BCUT2D eigenvalue weighted by atomic mass is 10.1. The van der Waals surface area contributed by atoms with Gasteiger partial charge in [-0.05, 0) is 37.3 Å². The summed E-state index contributed by atoms with van der Waals surface area (Å²) in [7, 11) is 0. The minimum atomic E-state index is -0.141. The number of morpholine rings is 1. The van der Waals surface area contributed by atoms with Crippen LogP contribution in [-0.2, 0) is 11.3 Å². The maximum atomic E-state index is 12.8. The summed E-state index contributed by atoms with van der Waals surface area (Å²) in [5.41, 5.74) is 4.11. The zero-order chi connectivity index (χ0) is 20.9. The standard InChI is InChI=1S/C23H23BrN4O2/c1-16-20(7-8-21(27-16)17-4-2-6-19(24)14-17)23(29)26-15-18-5-3-9-25-22(18)28-10-12-30-13-11-28/h2-9,14H,10-13,15H2,1H3,(H,26,29). The Kier molecular flexibility index (Phi) is 6.40. The van der Waals surface area contributed by atoms with Crippen LogP contribution in [0.2, 0.25) is 0 Å². The number of amides is 1. The van der Waals surface area contributed by atoms with E-state index in [0.717, 1.165) is 40.2 Å². The van der Waals surface area contributed by atoms with E-state index in [-0.39, 0.29) is 5.91 Å². The van der Waals surface area contributed by atoms with Crippen molar-refractivity contribution in [1.29, 1.82) is 0 Å². The molecule has 4 rings (SSSR count). The van der Waals surface area contributed by atoms with Gasteiger partial charge < -0.3 is 15.0 Å². The first-order valence-electron chi connectivity index (χ1n) is 9.90. The monoisotopic (exact) mass is 466 g/mol. The van der Waals surface area contributed by atoms with Crippen LogP contribution in [0.5, 0.6) is 0 Å². The summed E-state index contributed by atoms with van der Waals surface area (Å²) in [6.07, 6.45) is 1.78. The molecule has 3 heterocycles. The number of hydrogen-bond donors (Lipinski definition) is 1. The van der Waals surface area contributed by atoms with E-state index < -0.39 is 0 Å². The van der Waals surface area contributed by atoms with Crippen LogP contribution in [0.3, 0.4) is 0 Å². The highest BCUT2D eigenvalue weighted by atomic mass is 79.9.